The van der Waals surface area contributed by atoms with E-state index >= 15 is 0 Å². The maximum Gasteiger partial charge on any atom is 0.148 e. The molecule has 1 atom stereocenters. The van der Waals surface area contributed by atoms with Crippen molar-refractivity contribution in [3.8, 4) is 11.8 Å². The fourth-order valence-corrected chi connectivity index (χ4v) is 3.55. The van der Waals surface area contributed by atoms with Gasteiger partial charge in [-0.2, -0.15) is 0 Å². The van der Waals surface area contributed by atoms with Gasteiger partial charge in [0.25, 0.3) is 0 Å². The predicted molar refractivity (Wildman–Crippen MR) is 142 cm³/mol. The number of nitrogens with one attached hydrogen (secondary N) is 3. The maximum absolute atomic E-state index is 14.8. The van der Waals surface area contributed by atoms with Gasteiger partial charge in [0.2, 0.25) is 0 Å². The van der Waals surface area contributed by atoms with Crippen molar-refractivity contribution in [1.82, 2.24) is 15.4 Å². The number of rotatable bonds is 5. The molecule has 0 radical (unpaired) electrons. The molecule has 1 aliphatic heterocycles. The standard InChI is InChI=1S/C26H28FN6P/c1-4-5-12-22(28)24-25(30-17-31-26(24)34)29-16-20-14-18(2)9-8-10-19(3)15-32-33(20)23-13-7-6-11-21(23)27/h6-11,13-15,17,28,32H,4,16,34H2,1-3H3,(H,29,30,31)/b10-8-,18-9+,19-15+,20-14-,28-22?. The number of para-hydroxylation sites is 1. The minimum absolute atomic E-state index is 0.138. The molecule has 1 aromatic carbocycles. The second-order valence-electron chi connectivity index (χ2n) is 7.58. The molecule has 0 amide bonds. The molecule has 1 aromatic heterocycles. The van der Waals surface area contributed by atoms with E-state index in [0.29, 0.717) is 35.5 Å². The Labute approximate surface area is 202 Å². The van der Waals surface area contributed by atoms with Gasteiger partial charge in [-0.05, 0) is 49.1 Å². The molecule has 0 spiro atoms. The van der Waals surface area contributed by atoms with E-state index in [0.717, 1.165) is 16.8 Å². The van der Waals surface area contributed by atoms with Crippen LogP contribution < -0.4 is 21.2 Å². The van der Waals surface area contributed by atoms with Crippen LogP contribution in [0.1, 0.15) is 32.8 Å². The summed E-state index contributed by atoms with van der Waals surface area (Å²) in [6.45, 7) is 6.18. The van der Waals surface area contributed by atoms with Crippen molar-refractivity contribution in [1.29, 1.82) is 5.41 Å². The Morgan fingerprint density at radius 2 is 2.03 bits per heavy atom. The van der Waals surface area contributed by atoms with Crippen molar-refractivity contribution in [2.24, 2.45) is 0 Å². The number of halogens is 1. The molecular formula is C26H28FN6P. The van der Waals surface area contributed by atoms with Crippen molar-refractivity contribution in [3.63, 3.8) is 0 Å². The Balaban J connectivity index is 2.02. The van der Waals surface area contributed by atoms with Gasteiger partial charge in [0.1, 0.15) is 23.7 Å². The van der Waals surface area contributed by atoms with Gasteiger partial charge in [0.05, 0.1) is 28.9 Å². The number of anilines is 2. The van der Waals surface area contributed by atoms with Gasteiger partial charge in [0.15, 0.2) is 0 Å². The first-order chi connectivity index (χ1) is 16.4. The van der Waals surface area contributed by atoms with Crippen LogP contribution in [0.25, 0.3) is 0 Å². The van der Waals surface area contributed by atoms with Gasteiger partial charge < -0.3 is 10.7 Å². The molecule has 3 rings (SSSR count). The summed E-state index contributed by atoms with van der Waals surface area (Å²) in [6.07, 6.45) is 11.8. The molecular weight excluding hydrogens is 446 g/mol. The number of nitrogens with zero attached hydrogens (tertiary/aromatic N) is 3. The fraction of sp³-hybridized carbons (Fsp3) is 0.192. The zero-order valence-electron chi connectivity index (χ0n) is 19.5. The number of hydrogen-bond acceptors (Lipinski definition) is 6. The van der Waals surface area contributed by atoms with Crippen molar-refractivity contribution in [3.05, 3.63) is 89.3 Å². The Kier molecular flexibility index (Phi) is 8.73. The topological polar surface area (TPSA) is 76.9 Å². The zero-order chi connectivity index (χ0) is 24.5. The van der Waals surface area contributed by atoms with Crippen LogP contribution in [-0.2, 0) is 0 Å². The first-order valence-corrected chi connectivity index (χ1v) is 11.4. The van der Waals surface area contributed by atoms with Crippen molar-refractivity contribution in [2.45, 2.75) is 27.2 Å². The minimum atomic E-state index is -0.354. The van der Waals surface area contributed by atoms with Gasteiger partial charge in [0, 0.05) is 12.6 Å². The van der Waals surface area contributed by atoms with E-state index in [4.69, 9.17) is 5.41 Å². The molecule has 1 unspecified atom stereocenters. The largest absolute Gasteiger partial charge is 0.364 e. The summed E-state index contributed by atoms with van der Waals surface area (Å²) in [5, 5.41) is 13.4. The Hall–Kier alpha value is -3.75. The van der Waals surface area contributed by atoms with E-state index in [1.54, 1.807) is 23.2 Å². The monoisotopic (exact) mass is 474 g/mol. The lowest BCUT2D eigenvalue weighted by Crippen LogP contribution is -2.37. The van der Waals surface area contributed by atoms with Crippen LogP contribution in [0.3, 0.4) is 0 Å². The highest BCUT2D eigenvalue weighted by Crippen LogP contribution is 2.23. The summed E-state index contributed by atoms with van der Waals surface area (Å²) in [5.74, 6) is 5.89. The quantitative estimate of drug-likeness (QED) is 0.335. The fourth-order valence-electron chi connectivity index (χ4n) is 3.21. The number of hydrogen-bond donors (Lipinski definition) is 3. The zero-order valence-corrected chi connectivity index (χ0v) is 20.6. The Morgan fingerprint density at radius 1 is 1.24 bits per heavy atom. The van der Waals surface area contributed by atoms with Crippen molar-refractivity contribution in [2.75, 3.05) is 16.9 Å². The lowest BCUT2D eigenvalue weighted by Gasteiger charge is -2.29. The Bertz CT molecular complexity index is 1250. The smallest absolute Gasteiger partial charge is 0.148 e. The van der Waals surface area contributed by atoms with Gasteiger partial charge in [-0.25, -0.2) is 14.4 Å². The average Bonchev–Trinajstić information content (AvgIpc) is 2.81. The number of hydrazine groups is 1. The Morgan fingerprint density at radius 3 is 2.79 bits per heavy atom. The molecule has 174 valence electrons. The second-order valence-corrected chi connectivity index (χ2v) is 8.12. The summed E-state index contributed by atoms with van der Waals surface area (Å²) < 4.78 is 14.8. The van der Waals surface area contributed by atoms with Gasteiger partial charge in [-0.15, -0.1) is 0 Å². The van der Waals surface area contributed by atoms with Gasteiger partial charge in [-0.3, -0.25) is 10.4 Å². The maximum atomic E-state index is 14.8. The lowest BCUT2D eigenvalue weighted by molar-refractivity contribution is 0.617. The van der Waals surface area contributed by atoms with E-state index in [1.807, 2.05) is 51.3 Å². The van der Waals surface area contributed by atoms with E-state index in [1.165, 1.54) is 12.4 Å². The third-order valence-corrected chi connectivity index (χ3v) is 5.31. The SMILES string of the molecule is CCC#CC(=N)c1c(P)ncnc1NC/C1=C/C(C)=C/C=C\C(C)=C\NN1c1ccccc1F. The van der Waals surface area contributed by atoms with Gasteiger partial charge >= 0.3 is 0 Å². The molecule has 0 saturated heterocycles. The molecule has 1 aliphatic rings. The van der Waals surface area contributed by atoms with E-state index in [2.05, 4.69) is 41.8 Å². The average molecular weight is 475 g/mol. The highest BCUT2D eigenvalue weighted by molar-refractivity contribution is 7.27. The molecule has 2 heterocycles. The predicted octanol–water partition coefficient (Wildman–Crippen LogP) is 4.62. The van der Waals surface area contributed by atoms with Crippen LogP contribution in [0.15, 0.2) is 77.9 Å². The summed E-state index contributed by atoms with van der Waals surface area (Å²) >= 11 is 0. The number of aromatic nitrogens is 2. The van der Waals surface area contributed by atoms with Crippen LogP contribution in [-0.4, -0.2) is 22.2 Å². The van der Waals surface area contributed by atoms with E-state index in [-0.39, 0.29) is 11.5 Å². The lowest BCUT2D eigenvalue weighted by atomic mass is 10.1. The molecule has 0 aliphatic carbocycles. The number of allylic oxidation sites excluding steroid dienone is 6. The van der Waals surface area contributed by atoms with Crippen LogP contribution in [0.2, 0.25) is 0 Å². The van der Waals surface area contributed by atoms with Crippen LogP contribution in [0.4, 0.5) is 15.9 Å². The first kappa shape index (κ1) is 24.9. The summed E-state index contributed by atoms with van der Waals surface area (Å²) in [6, 6.07) is 6.59. The van der Waals surface area contributed by atoms with E-state index in [9.17, 15) is 4.39 Å². The molecule has 0 fully saturated rings. The molecule has 3 N–H and O–H groups in total. The van der Waals surface area contributed by atoms with Gasteiger partial charge in [-0.1, -0.05) is 52.4 Å². The highest BCUT2D eigenvalue weighted by atomic mass is 31.0. The summed E-state index contributed by atoms with van der Waals surface area (Å²) in [5.41, 5.74) is 7.56. The molecule has 6 nitrogen and oxygen atoms in total. The normalized spacial score (nSPS) is 19.1. The summed E-state index contributed by atoms with van der Waals surface area (Å²) in [7, 11) is 2.53. The molecule has 2 aromatic rings. The summed E-state index contributed by atoms with van der Waals surface area (Å²) in [4.78, 5) is 8.55. The third kappa shape index (κ3) is 6.40. The molecule has 0 bridgehead atoms. The van der Waals surface area contributed by atoms with Crippen molar-refractivity contribution >= 4 is 31.9 Å². The number of benzene rings is 1. The van der Waals surface area contributed by atoms with E-state index < -0.39 is 0 Å². The minimum Gasteiger partial charge on any atom is -0.364 e. The molecule has 8 heteroatoms. The molecule has 34 heavy (non-hydrogen) atoms. The first-order valence-electron chi connectivity index (χ1n) is 10.9. The van der Waals surface area contributed by atoms with Crippen LogP contribution in [0, 0.1) is 23.1 Å². The van der Waals surface area contributed by atoms with Crippen LogP contribution in [0.5, 0.6) is 0 Å². The highest BCUT2D eigenvalue weighted by Gasteiger charge is 2.18. The second kappa shape index (κ2) is 11.9. The third-order valence-electron chi connectivity index (χ3n) is 4.87. The van der Waals surface area contributed by atoms with Crippen molar-refractivity contribution < 1.29 is 4.39 Å². The molecule has 0 saturated carbocycles. The van der Waals surface area contributed by atoms with Crippen LogP contribution >= 0.6 is 9.24 Å².